The topological polar surface area (TPSA) is 88.1 Å². The number of benzene rings is 1. The van der Waals surface area contributed by atoms with Crippen LogP contribution in [0.25, 0.3) is 0 Å². The Labute approximate surface area is 147 Å². The van der Waals surface area contributed by atoms with Gasteiger partial charge in [0.2, 0.25) is 0 Å². The summed E-state index contributed by atoms with van der Waals surface area (Å²) < 4.78 is 10.6. The second-order valence-corrected chi connectivity index (χ2v) is 6.62. The fourth-order valence-corrected chi connectivity index (χ4v) is 2.99. The van der Waals surface area contributed by atoms with Crippen LogP contribution in [0.1, 0.15) is 31.4 Å². The highest BCUT2D eigenvalue weighted by Gasteiger charge is 2.27. The van der Waals surface area contributed by atoms with Crippen molar-refractivity contribution in [2.45, 2.75) is 39.3 Å². The zero-order chi connectivity index (χ0) is 18.6. The highest BCUT2D eigenvalue weighted by atomic mass is 16.5. The van der Waals surface area contributed by atoms with Crippen molar-refractivity contribution in [3.8, 4) is 11.5 Å². The molecule has 0 spiro atoms. The van der Waals surface area contributed by atoms with Gasteiger partial charge in [-0.1, -0.05) is 13.8 Å². The summed E-state index contributed by atoms with van der Waals surface area (Å²) in [6.45, 7) is 4.80. The van der Waals surface area contributed by atoms with E-state index in [-0.39, 0.29) is 11.9 Å². The number of fused-ring (bicyclic) bond motifs is 1. The molecule has 138 valence electrons. The monoisotopic (exact) mass is 350 g/mol. The predicted octanol–water partition coefficient (Wildman–Crippen LogP) is 2.27. The minimum atomic E-state index is -1.01. The van der Waals surface area contributed by atoms with E-state index in [0.717, 1.165) is 11.1 Å². The standard InChI is InChI=1S/C18H26N2O5/c1-11(2)7-14(17(21)22)19-18(23)20-6-5-12-8-15(24-3)16(25-4)9-13(12)10-20/h8-9,11,14H,5-7,10H2,1-4H3,(H,19,23)(H,21,22)/t14-/m1/s1. The molecule has 1 aliphatic rings. The van der Waals surface area contributed by atoms with Gasteiger partial charge < -0.3 is 24.8 Å². The second-order valence-electron chi connectivity index (χ2n) is 6.62. The highest BCUT2D eigenvalue weighted by molar-refractivity contribution is 5.82. The molecule has 1 aromatic rings. The van der Waals surface area contributed by atoms with Gasteiger partial charge in [0.1, 0.15) is 6.04 Å². The van der Waals surface area contributed by atoms with Crippen molar-refractivity contribution in [3.63, 3.8) is 0 Å². The number of carbonyl (C=O) groups excluding carboxylic acids is 1. The highest BCUT2D eigenvalue weighted by Crippen LogP contribution is 2.33. The molecule has 25 heavy (non-hydrogen) atoms. The maximum absolute atomic E-state index is 12.5. The number of carbonyl (C=O) groups is 2. The smallest absolute Gasteiger partial charge is 0.326 e. The van der Waals surface area contributed by atoms with E-state index in [1.807, 2.05) is 26.0 Å². The van der Waals surface area contributed by atoms with Crippen molar-refractivity contribution in [1.29, 1.82) is 0 Å². The van der Waals surface area contributed by atoms with Crippen LogP contribution in [0.4, 0.5) is 4.79 Å². The zero-order valence-corrected chi connectivity index (χ0v) is 15.2. The van der Waals surface area contributed by atoms with E-state index in [1.54, 1.807) is 19.1 Å². The van der Waals surface area contributed by atoms with Crippen LogP contribution < -0.4 is 14.8 Å². The van der Waals surface area contributed by atoms with Gasteiger partial charge in [0.15, 0.2) is 11.5 Å². The number of carboxylic acids is 1. The first-order valence-electron chi connectivity index (χ1n) is 8.37. The van der Waals surface area contributed by atoms with Crippen LogP contribution in [0.2, 0.25) is 0 Å². The quantitative estimate of drug-likeness (QED) is 0.822. The van der Waals surface area contributed by atoms with Gasteiger partial charge in [-0.15, -0.1) is 0 Å². The molecule has 1 aromatic carbocycles. The van der Waals surface area contributed by atoms with E-state index < -0.39 is 12.0 Å². The fourth-order valence-electron chi connectivity index (χ4n) is 2.99. The third kappa shape index (κ3) is 4.55. The number of carboxylic acid groups (broad SMARTS) is 1. The Kier molecular flexibility index (Phi) is 6.12. The van der Waals surface area contributed by atoms with Gasteiger partial charge in [-0.05, 0) is 42.0 Å². The van der Waals surface area contributed by atoms with Gasteiger partial charge in [-0.25, -0.2) is 9.59 Å². The van der Waals surface area contributed by atoms with Crippen molar-refractivity contribution in [3.05, 3.63) is 23.3 Å². The molecule has 7 nitrogen and oxygen atoms in total. The third-order valence-electron chi connectivity index (χ3n) is 4.31. The first-order valence-corrected chi connectivity index (χ1v) is 8.37. The summed E-state index contributed by atoms with van der Waals surface area (Å²) in [6, 6.07) is 2.58. The van der Waals surface area contributed by atoms with Gasteiger partial charge in [0.25, 0.3) is 0 Å². The Morgan fingerprint density at radius 2 is 1.80 bits per heavy atom. The molecule has 1 atom stereocenters. The summed E-state index contributed by atoms with van der Waals surface area (Å²) in [5.74, 6) is 0.458. The number of rotatable bonds is 6. The van der Waals surface area contributed by atoms with E-state index in [1.165, 1.54) is 0 Å². The molecular weight excluding hydrogens is 324 g/mol. The Morgan fingerprint density at radius 1 is 1.20 bits per heavy atom. The number of nitrogens with one attached hydrogen (secondary N) is 1. The molecule has 0 bridgehead atoms. The molecule has 1 heterocycles. The van der Waals surface area contributed by atoms with Gasteiger partial charge in [0, 0.05) is 13.1 Å². The normalized spacial score (nSPS) is 14.7. The zero-order valence-electron chi connectivity index (χ0n) is 15.2. The van der Waals surface area contributed by atoms with Crippen molar-refractivity contribution in [2.75, 3.05) is 20.8 Å². The molecule has 2 amide bonds. The Bertz CT molecular complexity index is 645. The van der Waals surface area contributed by atoms with E-state index in [9.17, 15) is 14.7 Å². The number of nitrogens with zero attached hydrogens (tertiary/aromatic N) is 1. The molecule has 2 N–H and O–H groups in total. The lowest BCUT2D eigenvalue weighted by Crippen LogP contribution is -2.49. The number of ether oxygens (including phenoxy) is 2. The summed E-state index contributed by atoms with van der Waals surface area (Å²) in [5, 5.41) is 11.9. The summed E-state index contributed by atoms with van der Waals surface area (Å²) in [7, 11) is 3.16. The van der Waals surface area contributed by atoms with Crippen molar-refractivity contribution < 1.29 is 24.2 Å². The Balaban J connectivity index is 2.10. The number of hydrogen-bond acceptors (Lipinski definition) is 4. The first-order chi connectivity index (χ1) is 11.8. The minimum Gasteiger partial charge on any atom is -0.493 e. The summed E-state index contributed by atoms with van der Waals surface area (Å²) in [6.07, 6.45) is 1.08. The van der Waals surface area contributed by atoms with Crippen molar-refractivity contribution >= 4 is 12.0 Å². The number of methoxy groups -OCH3 is 2. The Hall–Kier alpha value is -2.44. The molecule has 2 rings (SSSR count). The summed E-state index contributed by atoms with van der Waals surface area (Å²) >= 11 is 0. The maximum Gasteiger partial charge on any atom is 0.326 e. The molecule has 0 aliphatic carbocycles. The van der Waals surface area contributed by atoms with Gasteiger partial charge in [-0.3, -0.25) is 0 Å². The number of hydrogen-bond donors (Lipinski definition) is 2. The maximum atomic E-state index is 12.5. The molecule has 0 fully saturated rings. The van der Waals surface area contributed by atoms with Crippen LogP contribution in [-0.2, 0) is 17.8 Å². The van der Waals surface area contributed by atoms with Gasteiger partial charge in [-0.2, -0.15) is 0 Å². The second kappa shape index (κ2) is 8.09. The van der Waals surface area contributed by atoms with E-state index >= 15 is 0 Å². The van der Waals surface area contributed by atoms with Gasteiger partial charge >= 0.3 is 12.0 Å². The molecule has 0 unspecified atom stereocenters. The van der Waals surface area contributed by atoms with Gasteiger partial charge in [0.05, 0.1) is 14.2 Å². The molecule has 0 saturated carbocycles. The lowest BCUT2D eigenvalue weighted by Gasteiger charge is -2.31. The van der Waals surface area contributed by atoms with Crippen molar-refractivity contribution in [1.82, 2.24) is 10.2 Å². The molecule has 1 aliphatic heterocycles. The molecule has 0 radical (unpaired) electrons. The SMILES string of the molecule is COc1cc2c(cc1OC)CN(C(=O)N[C@H](CC(C)C)C(=O)O)CC2. The summed E-state index contributed by atoms with van der Waals surface area (Å²) in [4.78, 5) is 25.4. The van der Waals surface area contributed by atoms with Crippen LogP contribution in [0, 0.1) is 5.92 Å². The van der Waals surface area contributed by atoms with E-state index in [0.29, 0.717) is 37.4 Å². The molecule has 0 aromatic heterocycles. The third-order valence-corrected chi connectivity index (χ3v) is 4.31. The van der Waals surface area contributed by atoms with Crippen LogP contribution in [0.15, 0.2) is 12.1 Å². The first kappa shape index (κ1) is 18.9. The molecular formula is C18H26N2O5. The average Bonchev–Trinajstić information content (AvgIpc) is 2.58. The van der Waals surface area contributed by atoms with Crippen LogP contribution in [-0.4, -0.2) is 48.8 Å². The number of aliphatic carboxylic acids is 1. The number of urea groups is 1. The lowest BCUT2D eigenvalue weighted by molar-refractivity contribution is -0.139. The van der Waals surface area contributed by atoms with Crippen LogP contribution in [0.3, 0.4) is 0 Å². The van der Waals surface area contributed by atoms with E-state index in [2.05, 4.69) is 5.32 Å². The van der Waals surface area contributed by atoms with Crippen molar-refractivity contribution in [2.24, 2.45) is 5.92 Å². The fraction of sp³-hybridized carbons (Fsp3) is 0.556. The number of amides is 2. The Morgan fingerprint density at radius 3 is 2.32 bits per heavy atom. The molecule has 7 heteroatoms. The largest absolute Gasteiger partial charge is 0.493 e. The minimum absolute atomic E-state index is 0.181. The summed E-state index contributed by atoms with van der Waals surface area (Å²) in [5.41, 5.74) is 2.09. The van der Waals surface area contributed by atoms with Crippen LogP contribution in [0.5, 0.6) is 11.5 Å². The average molecular weight is 350 g/mol. The predicted molar refractivity (Wildman–Crippen MR) is 93.1 cm³/mol. The molecule has 0 saturated heterocycles. The van der Waals surface area contributed by atoms with E-state index in [4.69, 9.17) is 9.47 Å². The van der Waals surface area contributed by atoms with Crippen LogP contribution >= 0.6 is 0 Å². The lowest BCUT2D eigenvalue weighted by atomic mass is 9.99.